The maximum Gasteiger partial charge on any atom is 0.283 e. The van der Waals surface area contributed by atoms with Gasteiger partial charge in [-0.3, -0.25) is 19.1 Å². The van der Waals surface area contributed by atoms with Gasteiger partial charge in [-0.25, -0.2) is 0 Å². The minimum atomic E-state index is -4.45. The molecule has 0 aliphatic carbocycles. The SMILES string of the molecule is C#CC1CCCN1C(=O)c1cc(OC)c(OCCP(=O)(CCOC)CCOC2=C(OC)/C=C/C(=O)N3CC(=CC)CC3CN=CC2)cc1NCS(=O)(=O)O. The summed E-state index contributed by atoms with van der Waals surface area (Å²) in [6.07, 6.45) is 15.5. The summed E-state index contributed by atoms with van der Waals surface area (Å²) in [6.45, 7) is 3.72. The number of nitrogens with one attached hydrogen (secondary N) is 1. The number of benzene rings is 1. The largest absolute Gasteiger partial charge is 0.493 e. The molecule has 2 N–H and O–H groups in total. The molecule has 0 aromatic heterocycles. The summed E-state index contributed by atoms with van der Waals surface area (Å²) in [5.41, 5.74) is 1.36. The van der Waals surface area contributed by atoms with Gasteiger partial charge in [0.1, 0.15) is 11.6 Å². The van der Waals surface area contributed by atoms with Crippen molar-refractivity contribution in [1.29, 1.82) is 0 Å². The summed E-state index contributed by atoms with van der Waals surface area (Å²) >= 11 is 0. The summed E-state index contributed by atoms with van der Waals surface area (Å²) in [5, 5.41) is 2.61. The number of nitrogens with zero attached hydrogens (tertiary/aromatic N) is 3. The molecular weight excluding hydrogens is 739 g/mol. The van der Waals surface area contributed by atoms with Crippen LogP contribution in [0.5, 0.6) is 11.5 Å². The molecule has 3 unspecified atom stereocenters. The fourth-order valence-corrected chi connectivity index (χ4v) is 8.83. The van der Waals surface area contributed by atoms with Crippen LogP contribution in [0.25, 0.3) is 0 Å². The van der Waals surface area contributed by atoms with E-state index < -0.39 is 35.1 Å². The van der Waals surface area contributed by atoms with Crippen LogP contribution in [0.3, 0.4) is 0 Å². The number of amides is 2. The predicted molar refractivity (Wildman–Crippen MR) is 206 cm³/mol. The fraction of sp³-hybridized carbons (Fsp3) is 0.541. The second-order valence-electron chi connectivity index (χ2n) is 13.0. The van der Waals surface area contributed by atoms with E-state index in [1.54, 1.807) is 17.2 Å². The molecule has 0 radical (unpaired) electrons. The first-order valence-corrected chi connectivity index (χ1v) is 21.6. The number of ether oxygens (including phenoxy) is 5. The Balaban J connectivity index is 1.48. The number of aliphatic imine (C=N–C) groups is 1. The molecule has 15 nitrogen and oxygen atoms in total. The van der Waals surface area contributed by atoms with E-state index >= 15 is 0 Å². The zero-order valence-corrected chi connectivity index (χ0v) is 33.0. The average molecular weight is 791 g/mol. The molecule has 3 heterocycles. The molecule has 2 amide bonds. The Kier molecular flexibility index (Phi) is 15.6. The number of rotatable bonds is 17. The Morgan fingerprint density at radius 2 is 1.85 bits per heavy atom. The Morgan fingerprint density at radius 1 is 1.11 bits per heavy atom. The molecule has 296 valence electrons. The van der Waals surface area contributed by atoms with Crippen molar-refractivity contribution < 1.29 is 50.8 Å². The highest BCUT2D eigenvalue weighted by Gasteiger charge is 2.32. The van der Waals surface area contributed by atoms with Gasteiger partial charge in [0, 0.05) is 63.5 Å². The molecule has 4 rings (SSSR count). The summed E-state index contributed by atoms with van der Waals surface area (Å²) in [6, 6.07) is 2.39. The summed E-state index contributed by atoms with van der Waals surface area (Å²) in [7, 11) is -3.02. The molecular formula is C37H51N4O11PS. The van der Waals surface area contributed by atoms with E-state index in [4.69, 9.17) is 30.1 Å². The second kappa shape index (κ2) is 19.9. The maximum atomic E-state index is 14.2. The van der Waals surface area contributed by atoms with Gasteiger partial charge in [-0.15, -0.1) is 6.42 Å². The van der Waals surface area contributed by atoms with Crippen molar-refractivity contribution in [2.45, 2.75) is 44.7 Å². The number of allylic oxidation sites excluding steroid dienone is 3. The Morgan fingerprint density at radius 3 is 2.52 bits per heavy atom. The first-order valence-electron chi connectivity index (χ1n) is 17.7. The van der Waals surface area contributed by atoms with E-state index in [0.29, 0.717) is 44.0 Å². The van der Waals surface area contributed by atoms with E-state index in [0.717, 1.165) is 12.8 Å². The molecule has 0 saturated carbocycles. The van der Waals surface area contributed by atoms with Gasteiger partial charge in [0.25, 0.3) is 16.0 Å². The van der Waals surface area contributed by atoms with Crippen LogP contribution in [0, 0.1) is 12.3 Å². The van der Waals surface area contributed by atoms with E-state index in [1.807, 2.05) is 13.0 Å². The van der Waals surface area contributed by atoms with Crippen molar-refractivity contribution >= 4 is 41.0 Å². The monoisotopic (exact) mass is 790 g/mol. The topological polar surface area (TPSA) is 183 Å². The van der Waals surface area contributed by atoms with E-state index in [-0.39, 0.29) is 73.0 Å². The van der Waals surface area contributed by atoms with Gasteiger partial charge >= 0.3 is 0 Å². The van der Waals surface area contributed by atoms with Crippen LogP contribution in [-0.4, -0.2) is 138 Å². The fourth-order valence-electron chi connectivity index (χ4n) is 6.46. The lowest BCUT2D eigenvalue weighted by Gasteiger charge is -2.24. The third kappa shape index (κ3) is 11.6. The average Bonchev–Trinajstić information content (AvgIpc) is 3.81. The second-order valence-corrected chi connectivity index (χ2v) is 18.0. The predicted octanol–water partition coefficient (Wildman–Crippen LogP) is 4.03. The lowest BCUT2D eigenvalue weighted by molar-refractivity contribution is -0.126. The summed E-state index contributed by atoms with van der Waals surface area (Å²) < 4.78 is 75.4. The van der Waals surface area contributed by atoms with E-state index in [2.05, 4.69) is 16.2 Å². The van der Waals surface area contributed by atoms with Crippen molar-refractivity contribution in [3.63, 3.8) is 0 Å². The number of fused-ring (bicyclic) bond motifs is 1. The summed E-state index contributed by atoms with van der Waals surface area (Å²) in [5.74, 6) is 2.33. The molecule has 17 heteroatoms. The minimum Gasteiger partial charge on any atom is -0.493 e. The molecule has 2 saturated heterocycles. The standard InChI is InChI=1S/C37H51N4O11PS/c1-6-27-21-29-24-38-13-12-33(32(49-4)10-11-36(42)41(29)25-27)51-16-19-53(44,18-15-48-3)20-17-52-35-23-31(39-26-54(45,46)47)30(22-34(35)50-5)37(43)40-14-8-9-28(40)7-2/h2,6,10-11,13,22-23,28-29,39H,8-9,12,14-21,24-26H2,1,3-5H3,(H,45,46,47)/b11-10+,27-6?,33-32?,38-13?. The van der Waals surface area contributed by atoms with Crippen LogP contribution >= 0.6 is 7.14 Å². The van der Waals surface area contributed by atoms with Crippen molar-refractivity contribution in [3.8, 4) is 23.8 Å². The smallest absolute Gasteiger partial charge is 0.283 e. The first kappa shape index (κ1) is 42.5. The number of hydrogen-bond acceptors (Lipinski definition) is 12. The number of methoxy groups -OCH3 is 3. The molecule has 1 aromatic carbocycles. The number of carbonyl (C=O) groups excluding carboxylic acids is 2. The quantitative estimate of drug-likeness (QED) is 0.100. The van der Waals surface area contributed by atoms with Crippen LogP contribution in [-0.2, 0) is 33.7 Å². The van der Waals surface area contributed by atoms with Crippen LogP contribution in [0.1, 0.15) is 43.0 Å². The molecule has 3 aliphatic heterocycles. The highest BCUT2D eigenvalue weighted by molar-refractivity contribution is 7.85. The molecule has 3 atom stereocenters. The zero-order chi connectivity index (χ0) is 39.3. The van der Waals surface area contributed by atoms with Crippen LogP contribution in [0.4, 0.5) is 5.69 Å². The Labute approximate surface area is 317 Å². The third-order valence-electron chi connectivity index (χ3n) is 9.52. The van der Waals surface area contributed by atoms with E-state index in [9.17, 15) is 27.1 Å². The van der Waals surface area contributed by atoms with E-state index in [1.165, 1.54) is 50.0 Å². The number of likely N-dealkylation sites (tertiary alicyclic amines) is 1. The molecule has 54 heavy (non-hydrogen) atoms. The van der Waals surface area contributed by atoms with Gasteiger partial charge in [0.15, 0.2) is 17.3 Å². The van der Waals surface area contributed by atoms with Gasteiger partial charge < -0.3 is 43.4 Å². The van der Waals surface area contributed by atoms with Crippen molar-refractivity contribution in [2.75, 3.05) is 90.5 Å². The number of anilines is 1. The van der Waals surface area contributed by atoms with Crippen molar-refractivity contribution in [2.24, 2.45) is 4.99 Å². The minimum absolute atomic E-state index is 0.0240. The highest BCUT2D eigenvalue weighted by atomic mass is 32.2. The van der Waals surface area contributed by atoms with Gasteiger partial charge in [0.2, 0.25) is 5.91 Å². The molecule has 2 fully saturated rings. The lowest BCUT2D eigenvalue weighted by atomic mass is 10.1. The molecule has 3 aliphatic rings. The highest BCUT2D eigenvalue weighted by Crippen LogP contribution is 2.45. The third-order valence-corrected chi connectivity index (χ3v) is 13.0. The lowest BCUT2D eigenvalue weighted by Crippen LogP contribution is -2.36. The first-order chi connectivity index (χ1) is 25.8. The van der Waals surface area contributed by atoms with Crippen LogP contribution in [0.15, 0.2) is 52.4 Å². The molecule has 1 aromatic rings. The van der Waals surface area contributed by atoms with Gasteiger partial charge in [-0.1, -0.05) is 17.6 Å². The van der Waals surface area contributed by atoms with Gasteiger partial charge in [-0.2, -0.15) is 8.42 Å². The number of carbonyl (C=O) groups is 2. The number of terminal acetylenes is 1. The van der Waals surface area contributed by atoms with Crippen molar-refractivity contribution in [1.82, 2.24) is 9.80 Å². The van der Waals surface area contributed by atoms with Crippen LogP contribution in [0.2, 0.25) is 0 Å². The van der Waals surface area contributed by atoms with Crippen LogP contribution < -0.4 is 14.8 Å². The summed E-state index contributed by atoms with van der Waals surface area (Å²) in [4.78, 5) is 34.6. The normalized spacial score (nSPS) is 21.6. The van der Waals surface area contributed by atoms with Gasteiger partial charge in [-0.05, 0) is 38.3 Å². The number of hydrogen-bond donors (Lipinski definition) is 2. The van der Waals surface area contributed by atoms with Crippen molar-refractivity contribution in [3.05, 3.63) is 53.0 Å². The Hall–Kier alpha value is -4.29. The molecule has 0 spiro atoms. The zero-order valence-electron chi connectivity index (χ0n) is 31.3. The molecule has 0 bridgehead atoms. The Bertz CT molecular complexity index is 1840. The van der Waals surface area contributed by atoms with Gasteiger partial charge in [0.05, 0.1) is 71.1 Å². The maximum absolute atomic E-state index is 14.2.